The van der Waals surface area contributed by atoms with Crippen molar-refractivity contribution in [2.45, 2.75) is 24.0 Å². The molecule has 0 aliphatic heterocycles. The molecule has 0 bridgehead atoms. The Balaban J connectivity index is 2.20. The number of ketones is 1. The van der Waals surface area contributed by atoms with Gasteiger partial charge in [0.25, 0.3) is 0 Å². The number of halogens is 1. The van der Waals surface area contributed by atoms with Crippen LogP contribution in [0.3, 0.4) is 0 Å². The monoisotopic (exact) mass is 350 g/mol. The molecular formula is C16H15BrO2S. The lowest BCUT2D eigenvalue weighted by Crippen LogP contribution is -2.22. The smallest absolute Gasteiger partial charge is 0.178 e. The number of carbonyl (C=O) groups is 1. The third-order valence-electron chi connectivity index (χ3n) is 3.07. The lowest BCUT2D eigenvalue weighted by Gasteiger charge is -2.11. The van der Waals surface area contributed by atoms with Crippen LogP contribution in [-0.4, -0.2) is 15.2 Å². The highest BCUT2D eigenvalue weighted by molar-refractivity contribution is 9.10. The van der Waals surface area contributed by atoms with Crippen LogP contribution < -0.4 is 0 Å². The van der Waals surface area contributed by atoms with Crippen molar-refractivity contribution in [3.8, 4) is 0 Å². The molecule has 2 unspecified atom stereocenters. The van der Waals surface area contributed by atoms with Crippen LogP contribution in [0.1, 0.15) is 22.8 Å². The van der Waals surface area contributed by atoms with E-state index in [4.69, 9.17) is 0 Å². The van der Waals surface area contributed by atoms with E-state index in [1.54, 1.807) is 19.1 Å². The summed E-state index contributed by atoms with van der Waals surface area (Å²) < 4.78 is 13.3. The Morgan fingerprint density at radius 2 is 1.60 bits per heavy atom. The van der Waals surface area contributed by atoms with Crippen molar-refractivity contribution in [1.82, 2.24) is 0 Å². The van der Waals surface area contributed by atoms with Crippen LogP contribution >= 0.6 is 15.9 Å². The van der Waals surface area contributed by atoms with Gasteiger partial charge in [-0.3, -0.25) is 9.00 Å². The molecule has 2 nitrogen and oxygen atoms in total. The van der Waals surface area contributed by atoms with Crippen molar-refractivity contribution >= 4 is 32.5 Å². The number of Topliss-reactive ketones (excluding diaryl/α,β-unsaturated/α-hetero) is 1. The zero-order chi connectivity index (χ0) is 14.7. The van der Waals surface area contributed by atoms with Gasteiger partial charge in [0, 0.05) is 14.9 Å². The maximum atomic E-state index is 12.4. The zero-order valence-corrected chi connectivity index (χ0v) is 13.7. The molecule has 2 rings (SSSR count). The highest BCUT2D eigenvalue weighted by Crippen LogP contribution is 2.17. The van der Waals surface area contributed by atoms with Gasteiger partial charge in [0.2, 0.25) is 0 Å². The molecule has 0 heterocycles. The Morgan fingerprint density at radius 3 is 2.15 bits per heavy atom. The zero-order valence-electron chi connectivity index (χ0n) is 11.3. The van der Waals surface area contributed by atoms with E-state index in [1.807, 2.05) is 43.3 Å². The molecule has 4 heteroatoms. The third kappa shape index (κ3) is 3.44. The molecule has 0 saturated carbocycles. The summed E-state index contributed by atoms with van der Waals surface area (Å²) in [7, 11) is -1.33. The van der Waals surface area contributed by atoms with Crippen molar-refractivity contribution in [2.75, 3.05) is 0 Å². The van der Waals surface area contributed by atoms with Gasteiger partial charge < -0.3 is 0 Å². The van der Waals surface area contributed by atoms with Crippen LogP contribution in [0.5, 0.6) is 0 Å². The Bertz CT molecular complexity index is 575. The lowest BCUT2D eigenvalue weighted by molar-refractivity contribution is 0.0992. The first-order valence-electron chi connectivity index (χ1n) is 6.26. The van der Waals surface area contributed by atoms with E-state index in [-0.39, 0.29) is 5.78 Å². The number of hydrogen-bond donors (Lipinski definition) is 0. The van der Waals surface area contributed by atoms with Crippen LogP contribution in [-0.2, 0) is 10.8 Å². The first-order chi connectivity index (χ1) is 9.49. The fourth-order valence-corrected chi connectivity index (χ4v) is 3.23. The normalized spacial score (nSPS) is 13.8. The summed E-state index contributed by atoms with van der Waals surface area (Å²) in [5, 5.41) is -0.557. The second-order valence-electron chi connectivity index (χ2n) is 4.62. The first-order valence-corrected chi connectivity index (χ1v) is 8.26. The van der Waals surface area contributed by atoms with Crippen molar-refractivity contribution in [3.05, 3.63) is 64.1 Å². The van der Waals surface area contributed by atoms with Crippen LogP contribution in [0.15, 0.2) is 57.9 Å². The summed E-state index contributed by atoms with van der Waals surface area (Å²) in [6, 6.07) is 14.6. The van der Waals surface area contributed by atoms with Crippen LogP contribution in [0.2, 0.25) is 0 Å². The van der Waals surface area contributed by atoms with E-state index in [9.17, 15) is 9.00 Å². The predicted octanol–water partition coefficient (Wildman–Crippen LogP) is 4.14. The molecule has 0 aliphatic rings. The van der Waals surface area contributed by atoms with Gasteiger partial charge >= 0.3 is 0 Å². The van der Waals surface area contributed by atoms with E-state index in [0.717, 1.165) is 10.0 Å². The average Bonchev–Trinajstić information content (AvgIpc) is 2.46. The molecule has 2 aromatic carbocycles. The van der Waals surface area contributed by atoms with Gasteiger partial charge in [0.1, 0.15) is 0 Å². The average molecular weight is 351 g/mol. The van der Waals surface area contributed by atoms with Gasteiger partial charge in [-0.25, -0.2) is 0 Å². The standard InChI is InChI=1S/C16H15BrO2S/c1-11-3-9-15(10-4-11)20(19)12(2)16(18)13-5-7-14(17)8-6-13/h3-10,12H,1-2H3. The van der Waals surface area contributed by atoms with Gasteiger partial charge in [-0.2, -0.15) is 0 Å². The Morgan fingerprint density at radius 1 is 1.05 bits per heavy atom. The fraction of sp³-hybridized carbons (Fsp3) is 0.188. The molecule has 0 radical (unpaired) electrons. The molecule has 20 heavy (non-hydrogen) atoms. The Kier molecular flexibility index (Phi) is 4.89. The van der Waals surface area contributed by atoms with Crippen molar-refractivity contribution < 1.29 is 9.00 Å². The topological polar surface area (TPSA) is 34.1 Å². The summed E-state index contributed by atoms with van der Waals surface area (Å²) in [4.78, 5) is 13.0. The van der Waals surface area contributed by atoms with Gasteiger partial charge in [-0.05, 0) is 38.1 Å². The lowest BCUT2D eigenvalue weighted by atomic mass is 10.1. The van der Waals surface area contributed by atoms with E-state index in [0.29, 0.717) is 10.5 Å². The predicted molar refractivity (Wildman–Crippen MR) is 85.5 cm³/mol. The number of benzene rings is 2. The Labute approximate surface area is 129 Å². The van der Waals surface area contributed by atoms with Gasteiger partial charge in [-0.1, -0.05) is 45.8 Å². The summed E-state index contributed by atoms with van der Waals surface area (Å²) in [6.45, 7) is 3.68. The summed E-state index contributed by atoms with van der Waals surface area (Å²) in [6.07, 6.45) is 0. The van der Waals surface area contributed by atoms with Crippen molar-refractivity contribution in [3.63, 3.8) is 0 Å². The van der Waals surface area contributed by atoms with Crippen LogP contribution in [0.25, 0.3) is 0 Å². The van der Waals surface area contributed by atoms with Gasteiger partial charge in [0.05, 0.1) is 16.0 Å². The highest BCUT2D eigenvalue weighted by Gasteiger charge is 2.22. The molecule has 0 spiro atoms. The van der Waals surface area contributed by atoms with Crippen LogP contribution in [0, 0.1) is 6.92 Å². The quantitative estimate of drug-likeness (QED) is 0.776. The van der Waals surface area contributed by atoms with E-state index >= 15 is 0 Å². The second-order valence-corrected chi connectivity index (χ2v) is 7.31. The molecule has 0 aromatic heterocycles. The molecule has 2 atom stereocenters. The molecule has 0 N–H and O–H groups in total. The summed E-state index contributed by atoms with van der Waals surface area (Å²) >= 11 is 3.33. The van der Waals surface area contributed by atoms with Gasteiger partial charge in [-0.15, -0.1) is 0 Å². The number of rotatable bonds is 4. The van der Waals surface area contributed by atoms with E-state index in [2.05, 4.69) is 15.9 Å². The van der Waals surface area contributed by atoms with Gasteiger partial charge in [0.15, 0.2) is 5.78 Å². The minimum Gasteiger partial charge on any atom is -0.293 e. The summed E-state index contributed by atoms with van der Waals surface area (Å²) in [5.41, 5.74) is 1.69. The minimum absolute atomic E-state index is 0.101. The van der Waals surface area contributed by atoms with Crippen molar-refractivity contribution in [1.29, 1.82) is 0 Å². The molecule has 104 valence electrons. The third-order valence-corrected chi connectivity index (χ3v) is 5.19. The first kappa shape index (κ1) is 15.1. The number of hydrogen-bond acceptors (Lipinski definition) is 2. The fourth-order valence-electron chi connectivity index (χ4n) is 1.82. The summed E-state index contributed by atoms with van der Waals surface area (Å²) in [5.74, 6) is -0.101. The molecular weight excluding hydrogens is 336 g/mol. The maximum Gasteiger partial charge on any atom is 0.178 e. The molecule has 2 aromatic rings. The maximum absolute atomic E-state index is 12.4. The largest absolute Gasteiger partial charge is 0.293 e. The van der Waals surface area contributed by atoms with Crippen molar-refractivity contribution in [2.24, 2.45) is 0 Å². The molecule has 0 amide bonds. The molecule has 0 saturated heterocycles. The number of aryl methyl sites for hydroxylation is 1. The molecule has 0 fully saturated rings. The van der Waals surface area contributed by atoms with E-state index < -0.39 is 16.0 Å². The molecule has 0 aliphatic carbocycles. The SMILES string of the molecule is Cc1ccc(S(=O)C(C)C(=O)c2ccc(Br)cc2)cc1. The second kappa shape index (κ2) is 6.46. The minimum atomic E-state index is -1.33. The number of carbonyl (C=O) groups excluding carboxylic acids is 1. The van der Waals surface area contributed by atoms with E-state index in [1.165, 1.54) is 0 Å². The Hall–Kier alpha value is -1.26. The van der Waals surface area contributed by atoms with Crippen LogP contribution in [0.4, 0.5) is 0 Å². The highest BCUT2D eigenvalue weighted by atomic mass is 79.9.